The number of benzene rings is 1. The van der Waals surface area contributed by atoms with Gasteiger partial charge in [0.15, 0.2) is 0 Å². The third kappa shape index (κ3) is 4.33. The van der Waals surface area contributed by atoms with Crippen LogP contribution < -0.4 is 9.46 Å². The maximum absolute atomic E-state index is 12.3. The van der Waals surface area contributed by atoms with Gasteiger partial charge in [0.25, 0.3) is 0 Å². The average molecular weight is 336 g/mol. The van der Waals surface area contributed by atoms with Crippen LogP contribution in [0.1, 0.15) is 20.3 Å². The van der Waals surface area contributed by atoms with E-state index in [1.54, 1.807) is 13.8 Å². The van der Waals surface area contributed by atoms with Crippen molar-refractivity contribution in [2.45, 2.75) is 31.2 Å². The van der Waals surface area contributed by atoms with E-state index in [-0.39, 0.29) is 21.6 Å². The lowest BCUT2D eigenvalue weighted by atomic mass is 10.0. The van der Waals surface area contributed by atoms with Crippen molar-refractivity contribution < 1.29 is 23.1 Å². The first kappa shape index (κ1) is 17.7. The summed E-state index contributed by atoms with van der Waals surface area (Å²) in [4.78, 5) is 11.1. The Morgan fingerprint density at radius 2 is 2.10 bits per heavy atom. The van der Waals surface area contributed by atoms with Gasteiger partial charge in [-0.2, -0.15) is 4.72 Å². The van der Waals surface area contributed by atoms with Crippen molar-refractivity contribution in [3.8, 4) is 5.75 Å². The number of nitrogens with one attached hydrogen (secondary N) is 1. The van der Waals surface area contributed by atoms with Crippen LogP contribution in [0.2, 0.25) is 5.02 Å². The first-order valence-electron chi connectivity index (χ1n) is 6.31. The molecule has 1 rings (SSSR count). The number of carboxylic acid groups (broad SMARTS) is 1. The summed E-state index contributed by atoms with van der Waals surface area (Å²) in [5, 5.41) is 9.43. The van der Waals surface area contributed by atoms with Crippen LogP contribution in [0.25, 0.3) is 0 Å². The number of hydrogen-bond donors (Lipinski definition) is 2. The Bertz CT molecular complexity index is 617. The quantitative estimate of drug-likeness (QED) is 0.796. The zero-order valence-electron chi connectivity index (χ0n) is 12.0. The lowest BCUT2D eigenvalue weighted by molar-refractivity contribution is -0.140. The number of ether oxygens (including phenoxy) is 1. The summed E-state index contributed by atoms with van der Waals surface area (Å²) in [7, 11) is -2.61. The van der Waals surface area contributed by atoms with Crippen LogP contribution in [-0.4, -0.2) is 32.6 Å². The second kappa shape index (κ2) is 7.11. The Kier molecular flexibility index (Phi) is 6.00. The second-order valence-electron chi connectivity index (χ2n) is 4.62. The molecule has 0 spiro atoms. The average Bonchev–Trinajstić information content (AvgIpc) is 2.44. The van der Waals surface area contributed by atoms with E-state index in [0.717, 1.165) is 0 Å². The van der Waals surface area contributed by atoms with Crippen LogP contribution in [-0.2, 0) is 14.8 Å². The van der Waals surface area contributed by atoms with Gasteiger partial charge in [-0.3, -0.25) is 4.79 Å². The summed E-state index contributed by atoms with van der Waals surface area (Å²) in [6, 6.07) is 2.73. The summed E-state index contributed by atoms with van der Waals surface area (Å²) < 4.78 is 31.7. The first-order valence-corrected chi connectivity index (χ1v) is 8.17. The van der Waals surface area contributed by atoms with Gasteiger partial charge in [-0.25, -0.2) is 8.42 Å². The topological polar surface area (TPSA) is 92.7 Å². The molecule has 1 aromatic rings. The molecule has 0 fully saturated rings. The third-order valence-corrected chi connectivity index (χ3v) is 4.95. The minimum absolute atomic E-state index is 0.0988. The van der Waals surface area contributed by atoms with Gasteiger partial charge in [0.1, 0.15) is 11.8 Å². The minimum atomic E-state index is -3.98. The SMILES string of the molecule is CC[C@H](C)[C@H](NS(=O)(=O)c1ccc(Cl)c(OC)c1)C(=O)O. The van der Waals surface area contributed by atoms with Crippen LogP contribution in [0.4, 0.5) is 0 Å². The monoisotopic (exact) mass is 335 g/mol. The van der Waals surface area contributed by atoms with Crippen LogP contribution in [0.3, 0.4) is 0 Å². The van der Waals surface area contributed by atoms with Crippen LogP contribution in [0, 0.1) is 5.92 Å². The first-order chi connectivity index (χ1) is 9.72. The van der Waals surface area contributed by atoms with E-state index < -0.39 is 22.0 Å². The Hall–Kier alpha value is -1.31. The zero-order valence-corrected chi connectivity index (χ0v) is 13.5. The Morgan fingerprint density at radius 3 is 2.57 bits per heavy atom. The highest BCUT2D eigenvalue weighted by atomic mass is 35.5. The normalized spacial score (nSPS) is 14.5. The van der Waals surface area contributed by atoms with E-state index in [2.05, 4.69) is 4.72 Å². The smallest absolute Gasteiger partial charge is 0.322 e. The molecule has 118 valence electrons. The molecular weight excluding hydrogens is 318 g/mol. The number of rotatable bonds is 7. The lowest BCUT2D eigenvalue weighted by Gasteiger charge is -2.20. The van der Waals surface area contributed by atoms with Gasteiger partial charge in [0, 0.05) is 6.07 Å². The predicted octanol–water partition coefficient (Wildman–Crippen LogP) is 2.13. The van der Waals surface area contributed by atoms with Gasteiger partial charge >= 0.3 is 5.97 Å². The minimum Gasteiger partial charge on any atom is -0.495 e. The van der Waals surface area contributed by atoms with Crippen molar-refractivity contribution in [1.29, 1.82) is 0 Å². The van der Waals surface area contributed by atoms with E-state index in [4.69, 9.17) is 21.4 Å². The molecule has 0 aliphatic rings. The molecule has 6 nitrogen and oxygen atoms in total. The Labute approximate surface area is 129 Å². The molecule has 0 saturated heterocycles. The molecule has 1 aromatic carbocycles. The highest BCUT2D eigenvalue weighted by Gasteiger charge is 2.29. The van der Waals surface area contributed by atoms with Crippen molar-refractivity contribution in [2.75, 3.05) is 7.11 Å². The molecule has 0 aromatic heterocycles. The lowest BCUT2D eigenvalue weighted by Crippen LogP contribution is -2.44. The standard InChI is InChI=1S/C13H18ClNO5S/c1-4-8(2)12(13(16)17)15-21(18,19)9-5-6-10(14)11(7-9)20-3/h5-8,12,15H,4H2,1-3H3,(H,16,17)/t8-,12-/m0/s1. The molecular formula is C13H18ClNO5S. The highest BCUT2D eigenvalue weighted by Crippen LogP contribution is 2.27. The van der Waals surface area contributed by atoms with Crippen LogP contribution in [0.5, 0.6) is 5.75 Å². The van der Waals surface area contributed by atoms with Crippen molar-refractivity contribution in [3.05, 3.63) is 23.2 Å². The largest absolute Gasteiger partial charge is 0.495 e. The van der Waals surface area contributed by atoms with Crippen molar-refractivity contribution in [2.24, 2.45) is 5.92 Å². The molecule has 0 aliphatic heterocycles. The number of methoxy groups -OCH3 is 1. The fourth-order valence-corrected chi connectivity index (χ4v) is 3.20. The summed E-state index contributed by atoms with van der Waals surface area (Å²) >= 11 is 5.84. The molecule has 0 heterocycles. The molecule has 0 amide bonds. The maximum Gasteiger partial charge on any atom is 0.322 e. The second-order valence-corrected chi connectivity index (χ2v) is 6.74. The number of aliphatic carboxylic acids is 1. The number of hydrogen-bond acceptors (Lipinski definition) is 4. The van der Waals surface area contributed by atoms with Gasteiger partial charge in [0.2, 0.25) is 10.0 Å². The molecule has 21 heavy (non-hydrogen) atoms. The fourth-order valence-electron chi connectivity index (χ4n) is 1.69. The van der Waals surface area contributed by atoms with Gasteiger partial charge in [-0.05, 0) is 18.1 Å². The summed E-state index contributed by atoms with van der Waals surface area (Å²) in [6.07, 6.45) is 0.531. The number of carboxylic acids is 1. The molecule has 0 radical (unpaired) electrons. The van der Waals surface area contributed by atoms with E-state index >= 15 is 0 Å². The van der Waals surface area contributed by atoms with E-state index in [9.17, 15) is 13.2 Å². The molecule has 2 atom stereocenters. The zero-order chi connectivity index (χ0) is 16.2. The Balaban J connectivity index is 3.13. The van der Waals surface area contributed by atoms with E-state index in [1.165, 1.54) is 25.3 Å². The summed E-state index contributed by atoms with van der Waals surface area (Å²) in [5.41, 5.74) is 0. The summed E-state index contributed by atoms with van der Waals surface area (Å²) in [5.74, 6) is -1.35. The van der Waals surface area contributed by atoms with Gasteiger partial charge in [-0.15, -0.1) is 0 Å². The maximum atomic E-state index is 12.3. The number of carbonyl (C=O) groups is 1. The molecule has 2 N–H and O–H groups in total. The van der Waals surface area contributed by atoms with E-state index in [1.807, 2.05) is 0 Å². The molecule has 8 heteroatoms. The van der Waals surface area contributed by atoms with Crippen molar-refractivity contribution in [1.82, 2.24) is 4.72 Å². The van der Waals surface area contributed by atoms with Gasteiger partial charge in [-0.1, -0.05) is 31.9 Å². The van der Waals surface area contributed by atoms with Gasteiger partial charge in [0.05, 0.1) is 17.0 Å². The molecule has 0 unspecified atom stereocenters. The van der Waals surface area contributed by atoms with Crippen molar-refractivity contribution in [3.63, 3.8) is 0 Å². The highest BCUT2D eigenvalue weighted by molar-refractivity contribution is 7.89. The van der Waals surface area contributed by atoms with Crippen LogP contribution >= 0.6 is 11.6 Å². The Morgan fingerprint density at radius 1 is 1.48 bits per heavy atom. The van der Waals surface area contributed by atoms with Crippen LogP contribution in [0.15, 0.2) is 23.1 Å². The predicted molar refractivity (Wildman–Crippen MR) is 79.2 cm³/mol. The molecule has 0 bridgehead atoms. The third-order valence-electron chi connectivity index (χ3n) is 3.19. The van der Waals surface area contributed by atoms with Crippen molar-refractivity contribution >= 4 is 27.6 Å². The van der Waals surface area contributed by atoms with Gasteiger partial charge < -0.3 is 9.84 Å². The number of halogens is 1. The molecule has 0 saturated carbocycles. The van der Waals surface area contributed by atoms with E-state index in [0.29, 0.717) is 6.42 Å². The summed E-state index contributed by atoms with van der Waals surface area (Å²) in [6.45, 7) is 3.46. The fraction of sp³-hybridized carbons (Fsp3) is 0.462. The molecule has 0 aliphatic carbocycles. The number of sulfonamides is 1.